The summed E-state index contributed by atoms with van der Waals surface area (Å²) in [7, 11) is 0. The molecule has 1 heterocycles. The summed E-state index contributed by atoms with van der Waals surface area (Å²) < 4.78 is 0. The van der Waals surface area contributed by atoms with E-state index in [-0.39, 0.29) is 22.2 Å². The van der Waals surface area contributed by atoms with E-state index in [0.717, 1.165) is 18.2 Å². The Morgan fingerprint density at radius 1 is 1.20 bits per heavy atom. The number of halogens is 1. The Morgan fingerprint density at radius 2 is 1.92 bits per heavy atom. The molecule has 0 bridgehead atoms. The fourth-order valence-corrected chi connectivity index (χ4v) is 2.91. The molecule has 0 radical (unpaired) electrons. The molecule has 3 rings (SSSR count). The van der Waals surface area contributed by atoms with Crippen LogP contribution in [0.4, 0.5) is 17.1 Å². The zero-order valence-electron chi connectivity index (χ0n) is 13.1. The topological polar surface area (TPSA) is 92.6 Å². The van der Waals surface area contributed by atoms with Crippen LogP contribution >= 0.6 is 11.6 Å². The Morgan fingerprint density at radius 3 is 2.48 bits per heavy atom. The number of carbonyl (C=O) groups is 2. The van der Waals surface area contributed by atoms with Gasteiger partial charge in [-0.1, -0.05) is 11.6 Å². The number of nitrogens with one attached hydrogen (secondary N) is 1. The normalized spacial score (nSPS) is 13.8. The zero-order valence-corrected chi connectivity index (χ0v) is 13.8. The summed E-state index contributed by atoms with van der Waals surface area (Å²) in [4.78, 5) is 35.8. The number of hydrogen-bond acceptors (Lipinski definition) is 4. The van der Waals surface area contributed by atoms with Crippen LogP contribution in [-0.4, -0.2) is 23.3 Å². The third-order valence-corrected chi connectivity index (χ3v) is 4.23. The quantitative estimate of drug-likeness (QED) is 0.666. The molecule has 0 aromatic heterocycles. The first-order valence-electron chi connectivity index (χ1n) is 7.61. The minimum Gasteiger partial charge on any atom is -0.322 e. The Kier molecular flexibility index (Phi) is 4.67. The van der Waals surface area contributed by atoms with Gasteiger partial charge < -0.3 is 10.2 Å². The molecule has 7 nitrogen and oxygen atoms in total. The van der Waals surface area contributed by atoms with E-state index in [9.17, 15) is 19.7 Å². The summed E-state index contributed by atoms with van der Waals surface area (Å²) >= 11 is 5.95. The van der Waals surface area contributed by atoms with Crippen molar-refractivity contribution in [2.24, 2.45) is 0 Å². The molecule has 2 aromatic carbocycles. The molecule has 1 saturated heterocycles. The molecule has 0 spiro atoms. The summed E-state index contributed by atoms with van der Waals surface area (Å²) in [5.41, 5.74) is 1.29. The van der Waals surface area contributed by atoms with Gasteiger partial charge in [-0.2, -0.15) is 0 Å². The molecule has 0 unspecified atom stereocenters. The third kappa shape index (κ3) is 3.61. The first kappa shape index (κ1) is 16.9. The van der Waals surface area contributed by atoms with Crippen molar-refractivity contribution in [3.8, 4) is 0 Å². The first-order valence-corrected chi connectivity index (χ1v) is 7.99. The van der Waals surface area contributed by atoms with Gasteiger partial charge >= 0.3 is 0 Å². The molecule has 1 aliphatic rings. The second-order valence-corrected chi connectivity index (χ2v) is 5.98. The van der Waals surface area contributed by atoms with Gasteiger partial charge in [-0.15, -0.1) is 0 Å². The van der Waals surface area contributed by atoms with Crippen LogP contribution < -0.4 is 10.2 Å². The average Bonchev–Trinajstić information content (AvgIpc) is 3.01. The Labute approximate surface area is 148 Å². The van der Waals surface area contributed by atoms with Crippen molar-refractivity contribution in [3.05, 3.63) is 63.2 Å². The number of non-ortho nitro benzene ring substituents is 1. The number of benzene rings is 2. The molecular weight excluding hydrogens is 346 g/mol. The number of rotatable bonds is 4. The van der Waals surface area contributed by atoms with E-state index in [1.807, 2.05) is 0 Å². The van der Waals surface area contributed by atoms with Crippen molar-refractivity contribution in [1.29, 1.82) is 0 Å². The maximum Gasteiger partial charge on any atom is 0.270 e. The number of anilines is 2. The summed E-state index contributed by atoms with van der Waals surface area (Å²) in [5.74, 6) is -0.376. The van der Waals surface area contributed by atoms with E-state index in [4.69, 9.17) is 11.6 Å². The molecule has 1 fully saturated rings. The molecule has 2 aromatic rings. The summed E-state index contributed by atoms with van der Waals surface area (Å²) in [6.45, 7) is 0.697. The van der Waals surface area contributed by atoms with Crippen molar-refractivity contribution >= 4 is 40.5 Å². The highest BCUT2D eigenvalue weighted by atomic mass is 35.5. The van der Waals surface area contributed by atoms with Crippen LogP contribution in [-0.2, 0) is 4.79 Å². The smallest absolute Gasteiger partial charge is 0.270 e. The number of amides is 2. The van der Waals surface area contributed by atoms with Crippen molar-refractivity contribution in [2.75, 3.05) is 16.8 Å². The number of carbonyl (C=O) groups excluding carboxylic acids is 2. The fourth-order valence-electron chi connectivity index (χ4n) is 2.65. The van der Waals surface area contributed by atoms with Crippen LogP contribution in [0.25, 0.3) is 0 Å². The van der Waals surface area contributed by atoms with E-state index in [1.165, 1.54) is 12.1 Å². The van der Waals surface area contributed by atoms with Crippen LogP contribution in [0.3, 0.4) is 0 Å². The number of nitro groups is 1. The standard InChI is InChI=1S/C17H14ClN3O4/c18-15-10-13(21(24)25)7-8-14(15)17(23)19-11-3-5-12(6-4-11)20-9-1-2-16(20)22/h3-8,10H,1-2,9H2,(H,19,23). The van der Waals surface area contributed by atoms with E-state index >= 15 is 0 Å². The van der Waals surface area contributed by atoms with Crippen LogP contribution in [0.15, 0.2) is 42.5 Å². The molecule has 25 heavy (non-hydrogen) atoms. The van der Waals surface area contributed by atoms with Crippen LogP contribution in [0.2, 0.25) is 5.02 Å². The lowest BCUT2D eigenvalue weighted by Crippen LogP contribution is -2.23. The van der Waals surface area contributed by atoms with E-state index in [2.05, 4.69) is 5.32 Å². The first-order chi connectivity index (χ1) is 12.0. The highest BCUT2D eigenvalue weighted by Gasteiger charge is 2.21. The molecule has 1 N–H and O–H groups in total. The lowest BCUT2D eigenvalue weighted by molar-refractivity contribution is -0.384. The number of nitro benzene ring substituents is 1. The second-order valence-electron chi connectivity index (χ2n) is 5.57. The summed E-state index contributed by atoms with van der Waals surface area (Å²) in [6.07, 6.45) is 1.40. The molecule has 8 heteroatoms. The van der Waals surface area contributed by atoms with Gasteiger partial charge in [0.2, 0.25) is 5.91 Å². The van der Waals surface area contributed by atoms with Gasteiger partial charge in [0, 0.05) is 36.5 Å². The van der Waals surface area contributed by atoms with Gasteiger partial charge in [0.05, 0.1) is 15.5 Å². The number of nitrogens with zero attached hydrogens (tertiary/aromatic N) is 2. The largest absolute Gasteiger partial charge is 0.322 e. The lowest BCUT2D eigenvalue weighted by Gasteiger charge is -2.16. The maximum absolute atomic E-state index is 12.3. The van der Waals surface area contributed by atoms with Gasteiger partial charge in [0.15, 0.2) is 0 Å². The third-order valence-electron chi connectivity index (χ3n) is 3.92. The lowest BCUT2D eigenvalue weighted by atomic mass is 10.2. The van der Waals surface area contributed by atoms with Gasteiger partial charge in [-0.3, -0.25) is 19.7 Å². The van der Waals surface area contributed by atoms with Crippen molar-refractivity contribution in [3.63, 3.8) is 0 Å². The van der Waals surface area contributed by atoms with E-state index in [1.54, 1.807) is 29.2 Å². The Bertz CT molecular complexity index is 851. The SMILES string of the molecule is O=C(Nc1ccc(N2CCCC2=O)cc1)c1ccc([N+](=O)[O-])cc1Cl. The van der Waals surface area contributed by atoms with E-state index < -0.39 is 10.8 Å². The van der Waals surface area contributed by atoms with Crippen LogP contribution in [0, 0.1) is 10.1 Å². The van der Waals surface area contributed by atoms with E-state index in [0.29, 0.717) is 18.7 Å². The van der Waals surface area contributed by atoms with Gasteiger partial charge in [-0.25, -0.2) is 0 Å². The number of hydrogen-bond donors (Lipinski definition) is 1. The predicted octanol–water partition coefficient (Wildman–Crippen LogP) is 3.63. The highest BCUT2D eigenvalue weighted by molar-refractivity contribution is 6.34. The maximum atomic E-state index is 12.3. The highest BCUT2D eigenvalue weighted by Crippen LogP contribution is 2.25. The molecular formula is C17H14ClN3O4. The summed E-state index contributed by atoms with van der Waals surface area (Å²) in [6, 6.07) is 10.6. The second kappa shape index (κ2) is 6.90. The summed E-state index contributed by atoms with van der Waals surface area (Å²) in [5, 5.41) is 13.4. The molecule has 2 amide bonds. The molecule has 0 atom stereocenters. The van der Waals surface area contributed by atoms with Crippen LogP contribution in [0.1, 0.15) is 23.2 Å². The minimum absolute atomic E-state index is 0.00554. The Balaban J connectivity index is 1.73. The molecule has 0 aliphatic carbocycles. The van der Waals surface area contributed by atoms with Gasteiger partial charge in [0.25, 0.3) is 11.6 Å². The van der Waals surface area contributed by atoms with Crippen molar-refractivity contribution < 1.29 is 14.5 Å². The van der Waals surface area contributed by atoms with Gasteiger partial charge in [0.1, 0.15) is 0 Å². The Hall–Kier alpha value is -2.93. The molecule has 1 aliphatic heterocycles. The zero-order chi connectivity index (χ0) is 18.0. The monoisotopic (exact) mass is 359 g/mol. The predicted molar refractivity (Wildman–Crippen MR) is 94.1 cm³/mol. The molecule has 0 saturated carbocycles. The van der Waals surface area contributed by atoms with Crippen LogP contribution in [0.5, 0.6) is 0 Å². The minimum atomic E-state index is -0.577. The van der Waals surface area contributed by atoms with Gasteiger partial charge in [-0.05, 0) is 36.8 Å². The fraction of sp³-hybridized carbons (Fsp3) is 0.176. The van der Waals surface area contributed by atoms with Crippen molar-refractivity contribution in [1.82, 2.24) is 0 Å². The average molecular weight is 360 g/mol. The van der Waals surface area contributed by atoms with Crippen molar-refractivity contribution in [2.45, 2.75) is 12.8 Å². The molecule has 128 valence electrons.